The maximum absolute atomic E-state index is 9.04. The highest BCUT2D eigenvalue weighted by Gasteiger charge is 2.33. The van der Waals surface area contributed by atoms with Crippen molar-refractivity contribution in [1.29, 1.82) is 0 Å². The molecule has 0 bridgehead atoms. The number of hydrogen-bond donors (Lipinski definition) is 0. The number of aryl methyl sites for hydroxylation is 1. The fourth-order valence-electron chi connectivity index (χ4n) is 6.24. The maximum Gasteiger partial charge on any atom is 0.222 e. The van der Waals surface area contributed by atoms with E-state index in [2.05, 4.69) is 115 Å². The van der Waals surface area contributed by atoms with Gasteiger partial charge in [-0.25, -0.2) is 4.57 Å². The van der Waals surface area contributed by atoms with Crippen molar-refractivity contribution in [2.24, 2.45) is 17.9 Å². The summed E-state index contributed by atoms with van der Waals surface area (Å²) in [4.78, 5) is 2.69. The van der Waals surface area contributed by atoms with E-state index in [0.29, 0.717) is 6.17 Å². The van der Waals surface area contributed by atoms with E-state index < -0.39 is 0 Å². The molecule has 6 rings (SSSR count). The quantitative estimate of drug-likeness (QED) is 0.167. The van der Waals surface area contributed by atoms with E-state index in [9.17, 15) is 0 Å². The van der Waals surface area contributed by atoms with Crippen LogP contribution in [0, 0.1) is 17.8 Å². The normalized spacial score (nSPS) is 13.9. The zero-order valence-electron chi connectivity index (χ0n) is 24.5. The Hall–Kier alpha value is -2.84. The van der Waals surface area contributed by atoms with Crippen molar-refractivity contribution in [1.82, 2.24) is 0 Å². The van der Waals surface area contributed by atoms with Gasteiger partial charge in [0, 0.05) is 21.2 Å². The first-order valence-corrected chi connectivity index (χ1v) is 14.3. The monoisotopic (exact) mass is 505 g/mol. The minimum atomic E-state index is 0.157. The van der Waals surface area contributed by atoms with Gasteiger partial charge in [-0.3, -0.25) is 0 Å². The standard InChI is InChI=1S/C35H38NS/c1-21-23-13-9-10-14-24(23)28(20-35(5,6)7)33-30(21)32-31-26(16-17-36(32)8)25-15-11-12-22(19-34(2,3)4)27(25)18-29(31)37-33/h9-18H,19-20H2,1-8H3/q+1/i17D. The molecular weight excluding hydrogens is 466 g/mol. The molecule has 5 aromatic rings. The lowest BCUT2D eigenvalue weighted by molar-refractivity contribution is -0.659. The summed E-state index contributed by atoms with van der Waals surface area (Å²) in [6.07, 6.45) is 2.58. The number of benzene rings is 4. The van der Waals surface area contributed by atoms with Crippen LogP contribution in [0.2, 0.25) is 0 Å². The highest BCUT2D eigenvalue weighted by Crippen LogP contribution is 2.53. The molecule has 37 heavy (non-hydrogen) atoms. The predicted octanol–water partition coefficient (Wildman–Crippen LogP) is 9.59. The number of rotatable bonds is 2. The van der Waals surface area contributed by atoms with E-state index in [0.717, 1.165) is 12.8 Å². The molecule has 1 nitrogen and oxygen atoms in total. The molecule has 0 saturated heterocycles. The summed E-state index contributed by atoms with van der Waals surface area (Å²) in [5.74, 6) is 0. The van der Waals surface area contributed by atoms with Gasteiger partial charge in [0.2, 0.25) is 5.69 Å². The van der Waals surface area contributed by atoms with Crippen molar-refractivity contribution in [3.05, 3.63) is 77.5 Å². The van der Waals surface area contributed by atoms with Crippen molar-refractivity contribution in [2.45, 2.75) is 71.1 Å². The highest BCUT2D eigenvalue weighted by molar-refractivity contribution is 8.00. The Morgan fingerprint density at radius 3 is 2.16 bits per heavy atom. The molecule has 2 heteroatoms. The summed E-state index contributed by atoms with van der Waals surface area (Å²) in [6.45, 7) is 16.2. The van der Waals surface area contributed by atoms with Crippen LogP contribution in [0.1, 0.15) is 59.6 Å². The third-order valence-corrected chi connectivity index (χ3v) is 8.86. The molecule has 0 N–H and O–H groups in total. The lowest BCUT2D eigenvalue weighted by Gasteiger charge is -2.28. The van der Waals surface area contributed by atoms with E-state index in [1.807, 2.05) is 11.8 Å². The van der Waals surface area contributed by atoms with E-state index >= 15 is 0 Å². The van der Waals surface area contributed by atoms with Crippen molar-refractivity contribution in [3.63, 3.8) is 0 Å². The van der Waals surface area contributed by atoms with Gasteiger partial charge in [0.15, 0.2) is 6.17 Å². The molecular formula is C35H38NS+. The molecule has 1 aliphatic heterocycles. The second-order valence-corrected chi connectivity index (χ2v) is 14.3. The summed E-state index contributed by atoms with van der Waals surface area (Å²) < 4.78 is 11.2. The number of nitrogens with zero attached hydrogens (tertiary/aromatic N) is 1. The zero-order valence-corrected chi connectivity index (χ0v) is 24.3. The fraction of sp³-hybridized carbons (Fsp3) is 0.343. The summed E-state index contributed by atoms with van der Waals surface area (Å²) in [6, 6.07) is 20.2. The molecule has 0 radical (unpaired) electrons. The Kier molecular flexibility index (Phi) is 5.24. The molecule has 4 aromatic carbocycles. The van der Waals surface area contributed by atoms with Crippen LogP contribution in [0.4, 0.5) is 0 Å². The Morgan fingerprint density at radius 1 is 0.784 bits per heavy atom. The minimum absolute atomic E-state index is 0.157. The Bertz CT molecular complexity index is 1780. The molecule has 0 fully saturated rings. The van der Waals surface area contributed by atoms with Gasteiger partial charge in [-0.15, -0.1) is 0 Å². The fourth-order valence-corrected chi connectivity index (χ4v) is 7.60. The predicted molar refractivity (Wildman–Crippen MR) is 161 cm³/mol. The summed E-state index contributed by atoms with van der Waals surface area (Å²) >= 11 is 1.95. The summed E-state index contributed by atoms with van der Waals surface area (Å²) in [5.41, 5.74) is 7.01. The minimum Gasteiger partial charge on any atom is -0.200 e. The van der Waals surface area contributed by atoms with Gasteiger partial charge in [0.1, 0.15) is 8.42 Å². The van der Waals surface area contributed by atoms with Crippen molar-refractivity contribution < 1.29 is 5.94 Å². The molecule has 0 spiro atoms. The van der Waals surface area contributed by atoms with Crippen LogP contribution in [0.3, 0.4) is 0 Å². The van der Waals surface area contributed by atoms with Crippen LogP contribution in [0.15, 0.2) is 70.6 Å². The van der Waals surface area contributed by atoms with Crippen LogP contribution in [0.5, 0.6) is 0 Å². The number of aromatic nitrogens is 1. The Balaban J connectivity index is 1.79. The van der Waals surface area contributed by atoms with E-state index in [1.54, 1.807) is 0 Å². The van der Waals surface area contributed by atoms with Crippen molar-refractivity contribution >= 4 is 44.1 Å². The van der Waals surface area contributed by atoms with Gasteiger partial charge in [-0.2, -0.15) is 0 Å². The van der Waals surface area contributed by atoms with Crippen molar-refractivity contribution in [2.75, 3.05) is 0 Å². The summed E-state index contributed by atoms with van der Waals surface area (Å²) in [5, 5.41) is 7.78. The molecule has 188 valence electrons. The lowest BCUT2D eigenvalue weighted by atomic mass is 9.82. The molecule has 0 aliphatic carbocycles. The van der Waals surface area contributed by atoms with Crippen LogP contribution in [-0.2, 0) is 19.9 Å². The smallest absolute Gasteiger partial charge is 0.200 e. The maximum atomic E-state index is 9.04. The molecule has 0 unspecified atom stereocenters. The molecule has 0 saturated carbocycles. The van der Waals surface area contributed by atoms with Gasteiger partial charge < -0.3 is 0 Å². The van der Waals surface area contributed by atoms with Gasteiger partial charge in [-0.05, 0) is 74.9 Å². The number of hydrogen-bond acceptors (Lipinski definition) is 1. The molecule has 1 aromatic heterocycles. The average molecular weight is 506 g/mol. The van der Waals surface area contributed by atoms with Crippen LogP contribution in [0.25, 0.3) is 43.6 Å². The van der Waals surface area contributed by atoms with Crippen LogP contribution >= 0.6 is 11.8 Å². The lowest BCUT2D eigenvalue weighted by Crippen LogP contribution is -2.32. The van der Waals surface area contributed by atoms with Gasteiger partial charge >= 0.3 is 0 Å². The van der Waals surface area contributed by atoms with Crippen LogP contribution in [-0.4, -0.2) is 0 Å². The zero-order chi connectivity index (χ0) is 27.1. The second kappa shape index (κ2) is 8.33. The highest BCUT2D eigenvalue weighted by atomic mass is 32.2. The summed E-state index contributed by atoms with van der Waals surface area (Å²) in [7, 11) is 2.07. The topological polar surface area (TPSA) is 3.88 Å². The largest absolute Gasteiger partial charge is 0.222 e. The van der Waals surface area contributed by atoms with E-state index in [-0.39, 0.29) is 10.8 Å². The molecule has 0 amide bonds. The third-order valence-electron chi connectivity index (χ3n) is 7.66. The second-order valence-electron chi connectivity index (χ2n) is 13.3. The van der Waals surface area contributed by atoms with Gasteiger partial charge in [0.25, 0.3) is 0 Å². The first-order valence-electron chi connectivity index (χ1n) is 13.9. The first kappa shape index (κ1) is 23.3. The van der Waals surface area contributed by atoms with Crippen LogP contribution < -0.4 is 4.57 Å². The third kappa shape index (κ3) is 4.05. The Labute approximate surface area is 227 Å². The first-order chi connectivity index (χ1) is 17.8. The molecule has 1 aliphatic rings. The molecule has 0 atom stereocenters. The van der Waals surface area contributed by atoms with Gasteiger partial charge in [-0.1, -0.05) is 95.8 Å². The SMILES string of the molecule is [2H]c1cc2c3c(cc4c(CC(C)(C)C)cccc42)Sc2c(c(C)c4ccccc4c2CC(C)(C)C)-c3[n+]1C. The number of pyridine rings is 1. The van der Waals surface area contributed by atoms with E-state index in [1.165, 1.54) is 70.1 Å². The Morgan fingerprint density at radius 2 is 1.46 bits per heavy atom. The average Bonchev–Trinajstić information content (AvgIpc) is 2.83. The number of fused-ring (bicyclic) bond motifs is 5. The molecule has 2 heterocycles. The van der Waals surface area contributed by atoms with Gasteiger partial charge in [0.05, 0.1) is 10.9 Å². The van der Waals surface area contributed by atoms with Crippen molar-refractivity contribution in [3.8, 4) is 11.3 Å². The van der Waals surface area contributed by atoms with E-state index in [4.69, 9.17) is 1.37 Å².